The number of hydrogen-bond acceptors (Lipinski definition) is 2. The Bertz CT molecular complexity index is 1340. The first-order valence-corrected chi connectivity index (χ1v) is 11.2. The standard InChI is InChI=1S/C28H20BrN3/c29-24-18-16-21(17-19-24)20-30-28-26(22-10-4-1-5-11-22)27(23-12-6-2-7-13-23)31-32(28)25-14-8-3-9-15-25/h1-20H/b30-20+. The number of aliphatic imine (C=N–C) groups is 1. The summed E-state index contributed by atoms with van der Waals surface area (Å²) in [5.74, 6) is 0.796. The molecule has 0 fully saturated rings. The maximum Gasteiger partial charge on any atom is 0.164 e. The monoisotopic (exact) mass is 477 g/mol. The average molecular weight is 478 g/mol. The third kappa shape index (κ3) is 4.18. The van der Waals surface area contributed by atoms with E-state index < -0.39 is 0 Å². The van der Waals surface area contributed by atoms with Crippen molar-refractivity contribution in [2.24, 2.45) is 4.99 Å². The van der Waals surface area contributed by atoms with Gasteiger partial charge in [-0.15, -0.1) is 0 Å². The second kappa shape index (κ2) is 9.16. The highest BCUT2D eigenvalue weighted by molar-refractivity contribution is 9.10. The van der Waals surface area contributed by atoms with Crippen molar-refractivity contribution < 1.29 is 0 Å². The first-order chi connectivity index (χ1) is 15.8. The van der Waals surface area contributed by atoms with E-state index in [1.807, 2.05) is 89.8 Å². The van der Waals surface area contributed by atoms with Crippen LogP contribution in [0.25, 0.3) is 28.1 Å². The Morgan fingerprint density at radius 2 is 1.22 bits per heavy atom. The summed E-state index contributed by atoms with van der Waals surface area (Å²) in [6, 6.07) is 38.9. The van der Waals surface area contributed by atoms with E-state index in [1.54, 1.807) is 0 Å². The molecule has 0 radical (unpaired) electrons. The Kier molecular flexibility index (Phi) is 5.77. The minimum Gasteiger partial charge on any atom is -0.236 e. The Morgan fingerprint density at radius 1 is 0.656 bits per heavy atom. The molecular weight excluding hydrogens is 458 g/mol. The van der Waals surface area contributed by atoms with Crippen LogP contribution < -0.4 is 0 Å². The van der Waals surface area contributed by atoms with Gasteiger partial charge in [-0.25, -0.2) is 9.67 Å². The SMILES string of the molecule is Brc1ccc(/C=N/c2c(-c3ccccc3)c(-c3ccccc3)nn2-c2ccccc2)cc1. The number of para-hydroxylation sites is 1. The van der Waals surface area contributed by atoms with Crippen LogP contribution in [0.4, 0.5) is 5.82 Å². The Hall–Kier alpha value is -3.76. The molecule has 0 bridgehead atoms. The molecule has 0 aliphatic heterocycles. The molecule has 0 aliphatic carbocycles. The lowest BCUT2D eigenvalue weighted by Crippen LogP contribution is -1.96. The summed E-state index contributed by atoms with van der Waals surface area (Å²) in [5, 5.41) is 5.05. The molecule has 0 saturated heterocycles. The number of halogens is 1. The zero-order valence-corrected chi connectivity index (χ0v) is 18.9. The van der Waals surface area contributed by atoms with Gasteiger partial charge in [0, 0.05) is 16.3 Å². The molecule has 4 heteroatoms. The summed E-state index contributed by atoms with van der Waals surface area (Å²) >= 11 is 3.50. The average Bonchev–Trinajstić information content (AvgIpc) is 3.25. The van der Waals surface area contributed by atoms with E-state index in [-0.39, 0.29) is 0 Å². The van der Waals surface area contributed by atoms with Crippen molar-refractivity contribution in [3.63, 3.8) is 0 Å². The first-order valence-electron chi connectivity index (χ1n) is 10.4. The Labute approximate surface area is 195 Å². The number of rotatable bonds is 5. The summed E-state index contributed by atoms with van der Waals surface area (Å²) in [4.78, 5) is 4.97. The lowest BCUT2D eigenvalue weighted by atomic mass is 10.0. The minimum atomic E-state index is 0.796. The second-order valence-corrected chi connectivity index (χ2v) is 8.25. The van der Waals surface area contributed by atoms with Gasteiger partial charge >= 0.3 is 0 Å². The van der Waals surface area contributed by atoms with E-state index in [0.717, 1.165) is 43.9 Å². The number of benzene rings is 4. The highest BCUT2D eigenvalue weighted by atomic mass is 79.9. The predicted molar refractivity (Wildman–Crippen MR) is 136 cm³/mol. The molecule has 0 atom stereocenters. The third-order valence-electron chi connectivity index (χ3n) is 5.18. The minimum absolute atomic E-state index is 0.796. The van der Waals surface area contributed by atoms with Crippen LogP contribution >= 0.6 is 15.9 Å². The van der Waals surface area contributed by atoms with Crippen molar-refractivity contribution in [2.45, 2.75) is 0 Å². The van der Waals surface area contributed by atoms with Gasteiger partial charge in [0.05, 0.1) is 11.3 Å². The van der Waals surface area contributed by atoms with Gasteiger partial charge in [-0.1, -0.05) is 107 Å². The van der Waals surface area contributed by atoms with Gasteiger partial charge in [0.15, 0.2) is 5.82 Å². The lowest BCUT2D eigenvalue weighted by molar-refractivity contribution is 0.885. The van der Waals surface area contributed by atoms with Gasteiger partial charge in [-0.3, -0.25) is 0 Å². The number of aromatic nitrogens is 2. The molecule has 32 heavy (non-hydrogen) atoms. The highest BCUT2D eigenvalue weighted by Gasteiger charge is 2.21. The number of nitrogens with zero attached hydrogens (tertiary/aromatic N) is 3. The fraction of sp³-hybridized carbons (Fsp3) is 0. The van der Waals surface area contributed by atoms with E-state index in [1.165, 1.54) is 0 Å². The van der Waals surface area contributed by atoms with E-state index in [0.29, 0.717) is 0 Å². The largest absolute Gasteiger partial charge is 0.236 e. The van der Waals surface area contributed by atoms with E-state index in [2.05, 4.69) is 52.3 Å². The molecule has 5 rings (SSSR count). The zero-order valence-electron chi connectivity index (χ0n) is 17.3. The molecule has 0 saturated carbocycles. The fourth-order valence-corrected chi connectivity index (χ4v) is 3.90. The summed E-state index contributed by atoms with van der Waals surface area (Å²) in [5.41, 5.74) is 6.04. The molecular formula is C28H20BrN3. The highest BCUT2D eigenvalue weighted by Crippen LogP contribution is 2.40. The second-order valence-electron chi connectivity index (χ2n) is 7.34. The van der Waals surface area contributed by atoms with Crippen LogP contribution in [0.2, 0.25) is 0 Å². The summed E-state index contributed by atoms with van der Waals surface area (Å²) in [7, 11) is 0. The van der Waals surface area contributed by atoms with Crippen LogP contribution in [0, 0.1) is 0 Å². The molecule has 0 unspecified atom stereocenters. The smallest absolute Gasteiger partial charge is 0.164 e. The number of hydrogen-bond donors (Lipinski definition) is 0. The zero-order chi connectivity index (χ0) is 21.8. The van der Waals surface area contributed by atoms with Crippen molar-refractivity contribution in [3.05, 3.63) is 125 Å². The molecule has 0 aliphatic rings. The summed E-state index contributed by atoms with van der Waals surface area (Å²) in [6.07, 6.45) is 1.89. The van der Waals surface area contributed by atoms with Crippen LogP contribution in [0.5, 0.6) is 0 Å². The van der Waals surface area contributed by atoms with E-state index in [9.17, 15) is 0 Å². The maximum atomic E-state index is 5.05. The summed E-state index contributed by atoms with van der Waals surface area (Å²) in [6.45, 7) is 0. The predicted octanol–water partition coefficient (Wildman–Crippen LogP) is 7.72. The molecule has 1 heterocycles. The normalized spacial score (nSPS) is 11.2. The third-order valence-corrected chi connectivity index (χ3v) is 5.71. The van der Waals surface area contributed by atoms with Crippen LogP contribution in [0.1, 0.15) is 5.56 Å². The van der Waals surface area contributed by atoms with Gasteiger partial charge in [-0.05, 0) is 35.4 Å². The van der Waals surface area contributed by atoms with Crippen LogP contribution in [-0.2, 0) is 0 Å². The van der Waals surface area contributed by atoms with Crippen molar-refractivity contribution in [1.82, 2.24) is 9.78 Å². The molecule has 0 spiro atoms. The molecule has 3 nitrogen and oxygen atoms in total. The molecule has 0 N–H and O–H groups in total. The van der Waals surface area contributed by atoms with Gasteiger partial charge in [-0.2, -0.15) is 5.10 Å². The molecule has 5 aromatic rings. The van der Waals surface area contributed by atoms with Crippen molar-refractivity contribution in [1.29, 1.82) is 0 Å². The molecule has 154 valence electrons. The topological polar surface area (TPSA) is 30.2 Å². The van der Waals surface area contributed by atoms with Crippen LogP contribution in [0.3, 0.4) is 0 Å². The summed E-state index contributed by atoms with van der Waals surface area (Å²) < 4.78 is 2.97. The molecule has 1 aromatic heterocycles. The maximum absolute atomic E-state index is 5.05. The molecule has 0 amide bonds. The fourth-order valence-electron chi connectivity index (χ4n) is 3.63. The van der Waals surface area contributed by atoms with Crippen molar-refractivity contribution >= 4 is 28.0 Å². The Balaban J connectivity index is 1.77. The molecule has 4 aromatic carbocycles. The van der Waals surface area contributed by atoms with Crippen LogP contribution in [0.15, 0.2) is 125 Å². The van der Waals surface area contributed by atoms with Gasteiger partial charge in [0.25, 0.3) is 0 Å². The van der Waals surface area contributed by atoms with Gasteiger partial charge in [0.1, 0.15) is 5.69 Å². The van der Waals surface area contributed by atoms with E-state index in [4.69, 9.17) is 10.1 Å². The van der Waals surface area contributed by atoms with E-state index >= 15 is 0 Å². The van der Waals surface area contributed by atoms with Gasteiger partial charge < -0.3 is 0 Å². The first kappa shape index (κ1) is 20.2. The van der Waals surface area contributed by atoms with Crippen molar-refractivity contribution in [3.8, 4) is 28.1 Å². The quantitative estimate of drug-likeness (QED) is 0.238. The van der Waals surface area contributed by atoms with Gasteiger partial charge in [0.2, 0.25) is 0 Å². The van der Waals surface area contributed by atoms with Crippen LogP contribution in [-0.4, -0.2) is 16.0 Å². The lowest BCUT2D eigenvalue weighted by Gasteiger charge is -2.06. The Morgan fingerprint density at radius 3 is 1.84 bits per heavy atom. The van der Waals surface area contributed by atoms with Crippen molar-refractivity contribution in [2.75, 3.05) is 0 Å².